The Morgan fingerprint density at radius 2 is 1.54 bits per heavy atom. The summed E-state index contributed by atoms with van der Waals surface area (Å²) in [6.07, 6.45) is 0. The zero-order valence-corrected chi connectivity index (χ0v) is 24.0. The number of carbonyl (C=O) groups is 2. The van der Waals surface area contributed by atoms with Gasteiger partial charge in [-0.2, -0.15) is 0 Å². The van der Waals surface area contributed by atoms with E-state index in [2.05, 4.69) is 34.5 Å². The Bertz CT molecular complexity index is 1280. The summed E-state index contributed by atoms with van der Waals surface area (Å²) in [6.45, 7) is 5.46. The molecule has 4 rings (SSSR count). The standard InChI is InChI=1S/C30H34Cl2N4O3/c1-21(37)33-25-10-8-23(9-11-25)22-4-6-24(7-5-22)29(19-36-14-16-39-17-15-36)35(3)30(38)20-34(2)26-12-13-27(31)28(32)18-26/h4-13,18,29H,14-17,19-20H2,1-3H3,(H,33,37). The Labute approximate surface area is 240 Å². The minimum atomic E-state index is -0.131. The molecule has 0 radical (unpaired) electrons. The Balaban J connectivity index is 1.52. The van der Waals surface area contributed by atoms with Crippen molar-refractivity contribution in [2.24, 2.45) is 0 Å². The summed E-state index contributed by atoms with van der Waals surface area (Å²) in [7, 11) is 3.74. The van der Waals surface area contributed by atoms with Gasteiger partial charge in [0.2, 0.25) is 11.8 Å². The van der Waals surface area contributed by atoms with E-state index in [4.69, 9.17) is 27.9 Å². The molecule has 1 heterocycles. The first-order valence-corrected chi connectivity index (χ1v) is 13.7. The summed E-state index contributed by atoms with van der Waals surface area (Å²) >= 11 is 12.3. The highest BCUT2D eigenvalue weighted by atomic mass is 35.5. The Morgan fingerprint density at radius 1 is 0.923 bits per heavy atom. The molecule has 1 atom stereocenters. The van der Waals surface area contributed by atoms with E-state index in [1.807, 2.05) is 54.2 Å². The predicted octanol–water partition coefficient (Wildman–Crippen LogP) is 5.59. The largest absolute Gasteiger partial charge is 0.379 e. The number of rotatable bonds is 9. The molecule has 1 N–H and O–H groups in total. The molecule has 0 bridgehead atoms. The first-order valence-electron chi connectivity index (χ1n) is 12.9. The van der Waals surface area contributed by atoms with Crippen LogP contribution in [0.4, 0.5) is 11.4 Å². The van der Waals surface area contributed by atoms with Gasteiger partial charge in [0, 0.05) is 52.0 Å². The van der Waals surface area contributed by atoms with Crippen molar-refractivity contribution in [3.8, 4) is 11.1 Å². The molecule has 0 aliphatic carbocycles. The van der Waals surface area contributed by atoms with Gasteiger partial charge in [0.05, 0.1) is 35.8 Å². The van der Waals surface area contributed by atoms with E-state index in [-0.39, 0.29) is 24.4 Å². The van der Waals surface area contributed by atoms with Crippen molar-refractivity contribution in [1.29, 1.82) is 0 Å². The van der Waals surface area contributed by atoms with Gasteiger partial charge in [0.15, 0.2) is 0 Å². The molecule has 7 nitrogen and oxygen atoms in total. The van der Waals surface area contributed by atoms with Crippen LogP contribution in [0, 0.1) is 0 Å². The highest BCUT2D eigenvalue weighted by Gasteiger charge is 2.26. The fraction of sp³-hybridized carbons (Fsp3) is 0.333. The van der Waals surface area contributed by atoms with E-state index in [0.717, 1.165) is 41.2 Å². The van der Waals surface area contributed by atoms with E-state index in [1.165, 1.54) is 6.92 Å². The zero-order chi connectivity index (χ0) is 27.9. The lowest BCUT2D eigenvalue weighted by atomic mass is 9.99. The fourth-order valence-electron chi connectivity index (χ4n) is 4.63. The molecule has 0 saturated carbocycles. The van der Waals surface area contributed by atoms with Gasteiger partial charge >= 0.3 is 0 Å². The van der Waals surface area contributed by atoms with Crippen LogP contribution < -0.4 is 10.2 Å². The van der Waals surface area contributed by atoms with Crippen LogP contribution in [0.3, 0.4) is 0 Å². The van der Waals surface area contributed by atoms with Gasteiger partial charge < -0.3 is 19.9 Å². The van der Waals surface area contributed by atoms with Crippen molar-refractivity contribution < 1.29 is 14.3 Å². The van der Waals surface area contributed by atoms with E-state index in [0.29, 0.717) is 29.8 Å². The molecule has 39 heavy (non-hydrogen) atoms. The van der Waals surface area contributed by atoms with Crippen molar-refractivity contribution in [3.05, 3.63) is 82.3 Å². The molecule has 1 aliphatic heterocycles. The number of ether oxygens (including phenoxy) is 1. The molecule has 1 fully saturated rings. The van der Waals surface area contributed by atoms with Crippen molar-refractivity contribution in [1.82, 2.24) is 9.80 Å². The van der Waals surface area contributed by atoms with Gasteiger partial charge in [-0.3, -0.25) is 14.5 Å². The Kier molecular flexibility index (Phi) is 9.86. The van der Waals surface area contributed by atoms with Crippen molar-refractivity contribution in [2.75, 3.05) is 63.7 Å². The van der Waals surface area contributed by atoms with Crippen molar-refractivity contribution in [3.63, 3.8) is 0 Å². The molecular formula is C30H34Cl2N4O3. The summed E-state index contributed by atoms with van der Waals surface area (Å²) in [4.78, 5) is 30.8. The number of anilines is 2. The SMILES string of the molecule is CC(=O)Nc1ccc(-c2ccc(C(CN3CCOCC3)N(C)C(=O)CN(C)c3ccc(Cl)c(Cl)c3)cc2)cc1. The average molecular weight is 570 g/mol. The monoisotopic (exact) mass is 568 g/mol. The van der Waals surface area contributed by atoms with Gasteiger partial charge in [-0.25, -0.2) is 0 Å². The number of benzene rings is 3. The summed E-state index contributed by atoms with van der Waals surface area (Å²) in [5.41, 5.74) is 4.76. The number of nitrogens with one attached hydrogen (secondary N) is 1. The second-order valence-electron chi connectivity index (χ2n) is 9.77. The second kappa shape index (κ2) is 13.3. The third kappa shape index (κ3) is 7.73. The maximum Gasteiger partial charge on any atom is 0.242 e. The zero-order valence-electron chi connectivity index (χ0n) is 22.5. The van der Waals surface area contributed by atoms with Crippen LogP contribution in [-0.2, 0) is 14.3 Å². The highest BCUT2D eigenvalue weighted by Crippen LogP contribution is 2.29. The molecule has 1 aliphatic rings. The van der Waals surface area contributed by atoms with Crippen LogP contribution in [0.5, 0.6) is 0 Å². The molecular weight excluding hydrogens is 535 g/mol. The predicted molar refractivity (Wildman–Crippen MR) is 159 cm³/mol. The normalized spacial score (nSPS) is 14.5. The first kappa shape index (κ1) is 28.9. The van der Waals surface area contributed by atoms with Crippen LogP contribution in [-0.4, -0.2) is 75.1 Å². The Morgan fingerprint density at radius 3 is 2.13 bits per heavy atom. The number of hydrogen-bond donors (Lipinski definition) is 1. The lowest BCUT2D eigenvalue weighted by Gasteiger charge is -2.36. The lowest BCUT2D eigenvalue weighted by Crippen LogP contribution is -2.45. The number of likely N-dealkylation sites (N-methyl/N-ethyl adjacent to an activating group) is 2. The average Bonchev–Trinajstić information content (AvgIpc) is 2.93. The van der Waals surface area contributed by atoms with Crippen LogP contribution in [0.15, 0.2) is 66.7 Å². The van der Waals surface area contributed by atoms with Crippen LogP contribution in [0.1, 0.15) is 18.5 Å². The summed E-state index contributed by atoms with van der Waals surface area (Å²) in [5, 5.41) is 3.73. The topological polar surface area (TPSA) is 65.1 Å². The van der Waals surface area contributed by atoms with E-state index in [1.54, 1.807) is 12.1 Å². The van der Waals surface area contributed by atoms with Gasteiger partial charge in [-0.15, -0.1) is 0 Å². The molecule has 3 aromatic rings. The third-order valence-corrected chi connectivity index (χ3v) is 7.69. The molecule has 2 amide bonds. The second-order valence-corrected chi connectivity index (χ2v) is 10.6. The van der Waals surface area contributed by atoms with Crippen LogP contribution in [0.25, 0.3) is 11.1 Å². The maximum absolute atomic E-state index is 13.5. The number of carbonyl (C=O) groups excluding carboxylic acids is 2. The molecule has 3 aromatic carbocycles. The highest BCUT2D eigenvalue weighted by molar-refractivity contribution is 6.42. The summed E-state index contributed by atoms with van der Waals surface area (Å²) in [5.74, 6) is -0.0975. The third-order valence-electron chi connectivity index (χ3n) is 6.95. The van der Waals surface area contributed by atoms with Crippen LogP contribution in [0.2, 0.25) is 10.0 Å². The lowest BCUT2D eigenvalue weighted by molar-refractivity contribution is -0.131. The molecule has 9 heteroatoms. The van der Waals surface area contributed by atoms with Gasteiger partial charge in [-0.1, -0.05) is 59.6 Å². The van der Waals surface area contributed by atoms with E-state index < -0.39 is 0 Å². The van der Waals surface area contributed by atoms with Crippen molar-refractivity contribution in [2.45, 2.75) is 13.0 Å². The number of amides is 2. The Hall–Kier alpha value is -3.10. The molecule has 0 spiro atoms. The molecule has 1 saturated heterocycles. The minimum Gasteiger partial charge on any atom is -0.379 e. The first-order chi connectivity index (χ1) is 18.7. The number of hydrogen-bond acceptors (Lipinski definition) is 5. The smallest absolute Gasteiger partial charge is 0.242 e. The maximum atomic E-state index is 13.5. The van der Waals surface area contributed by atoms with Gasteiger partial charge in [0.1, 0.15) is 0 Å². The van der Waals surface area contributed by atoms with E-state index in [9.17, 15) is 9.59 Å². The molecule has 1 unspecified atom stereocenters. The number of nitrogens with zero attached hydrogens (tertiary/aromatic N) is 3. The van der Waals surface area contributed by atoms with E-state index >= 15 is 0 Å². The number of morpholine rings is 1. The quantitative estimate of drug-likeness (QED) is 0.364. The van der Waals surface area contributed by atoms with Crippen LogP contribution >= 0.6 is 23.2 Å². The fourth-order valence-corrected chi connectivity index (χ4v) is 4.92. The summed E-state index contributed by atoms with van der Waals surface area (Å²) in [6, 6.07) is 21.3. The summed E-state index contributed by atoms with van der Waals surface area (Å²) < 4.78 is 5.54. The van der Waals surface area contributed by atoms with Gasteiger partial charge in [-0.05, 0) is 47.0 Å². The molecule has 0 aromatic heterocycles. The number of halogens is 2. The molecule has 206 valence electrons. The minimum absolute atomic E-state index is 0.000492. The van der Waals surface area contributed by atoms with Gasteiger partial charge in [0.25, 0.3) is 0 Å². The van der Waals surface area contributed by atoms with Crippen molar-refractivity contribution >= 4 is 46.4 Å².